The molecule has 2 aromatic rings. The number of hydrogen-bond donors (Lipinski definition) is 1. The molecule has 0 aliphatic rings. The molecule has 21 heavy (non-hydrogen) atoms. The van der Waals surface area contributed by atoms with Gasteiger partial charge in [0.05, 0.1) is 7.11 Å². The molecule has 2 rings (SSSR count). The molecule has 0 bridgehead atoms. The Bertz CT molecular complexity index is 657. The first-order valence-electron chi connectivity index (χ1n) is 6.79. The number of anilines is 1. The monoisotopic (exact) mass is 281 g/mol. The lowest BCUT2D eigenvalue weighted by Crippen LogP contribution is -2.07. The van der Waals surface area contributed by atoms with Crippen LogP contribution in [-0.2, 0) is 4.79 Å². The van der Waals surface area contributed by atoms with Gasteiger partial charge in [-0.15, -0.1) is 0 Å². The third-order valence-electron chi connectivity index (χ3n) is 3.09. The van der Waals surface area contributed by atoms with Crippen LogP contribution < -0.4 is 10.1 Å². The largest absolute Gasteiger partial charge is 0.497 e. The van der Waals surface area contributed by atoms with Gasteiger partial charge in [0.25, 0.3) is 0 Å². The number of aryl methyl sites for hydroxylation is 1. The topological polar surface area (TPSA) is 38.3 Å². The summed E-state index contributed by atoms with van der Waals surface area (Å²) in [7, 11) is 1.65. The third-order valence-corrected chi connectivity index (χ3v) is 3.09. The zero-order valence-electron chi connectivity index (χ0n) is 12.5. The molecule has 0 unspecified atom stereocenters. The molecule has 3 heteroatoms. The van der Waals surface area contributed by atoms with Crippen molar-refractivity contribution in [3.8, 4) is 5.75 Å². The fourth-order valence-electron chi connectivity index (χ4n) is 2.01. The van der Waals surface area contributed by atoms with Crippen LogP contribution in [0.3, 0.4) is 0 Å². The van der Waals surface area contributed by atoms with E-state index in [4.69, 9.17) is 4.74 Å². The highest BCUT2D eigenvalue weighted by molar-refractivity contribution is 5.92. The number of carbonyl (C=O) groups is 1. The van der Waals surface area contributed by atoms with Gasteiger partial charge >= 0.3 is 0 Å². The van der Waals surface area contributed by atoms with Gasteiger partial charge in [-0.05, 0) is 41.8 Å². The minimum Gasteiger partial charge on any atom is -0.497 e. The van der Waals surface area contributed by atoms with E-state index in [0.717, 1.165) is 28.1 Å². The number of benzene rings is 2. The average molecular weight is 281 g/mol. The highest BCUT2D eigenvalue weighted by Gasteiger charge is 2.02. The molecule has 0 aliphatic heterocycles. The van der Waals surface area contributed by atoms with E-state index in [2.05, 4.69) is 5.32 Å². The van der Waals surface area contributed by atoms with Gasteiger partial charge in [-0.3, -0.25) is 4.79 Å². The summed E-state index contributed by atoms with van der Waals surface area (Å²) in [4.78, 5) is 11.3. The van der Waals surface area contributed by atoms with E-state index in [1.54, 1.807) is 7.11 Å². The number of amides is 1. The van der Waals surface area contributed by atoms with Crippen molar-refractivity contribution in [2.45, 2.75) is 13.8 Å². The Morgan fingerprint density at radius 3 is 2.43 bits per heavy atom. The molecule has 108 valence electrons. The van der Waals surface area contributed by atoms with Gasteiger partial charge in [0.15, 0.2) is 0 Å². The molecule has 0 spiro atoms. The van der Waals surface area contributed by atoms with Crippen LogP contribution in [0.25, 0.3) is 12.2 Å². The summed E-state index contributed by atoms with van der Waals surface area (Å²) in [5, 5.41) is 2.86. The van der Waals surface area contributed by atoms with E-state index in [1.165, 1.54) is 6.92 Å². The van der Waals surface area contributed by atoms with Crippen molar-refractivity contribution in [3.63, 3.8) is 0 Å². The predicted molar refractivity (Wildman–Crippen MR) is 87.4 cm³/mol. The third kappa shape index (κ3) is 4.21. The lowest BCUT2D eigenvalue weighted by molar-refractivity contribution is -0.114. The van der Waals surface area contributed by atoms with Crippen molar-refractivity contribution in [2.24, 2.45) is 0 Å². The highest BCUT2D eigenvalue weighted by atomic mass is 16.5. The summed E-state index contributed by atoms with van der Waals surface area (Å²) in [6.45, 7) is 3.52. The smallest absolute Gasteiger partial charge is 0.221 e. The van der Waals surface area contributed by atoms with E-state index in [-0.39, 0.29) is 5.91 Å². The Hall–Kier alpha value is -2.55. The minimum absolute atomic E-state index is 0.0697. The van der Waals surface area contributed by atoms with Crippen LogP contribution in [0.2, 0.25) is 0 Å². The molecule has 0 heterocycles. The van der Waals surface area contributed by atoms with Crippen LogP contribution in [-0.4, -0.2) is 13.0 Å². The molecule has 3 nitrogen and oxygen atoms in total. The van der Waals surface area contributed by atoms with Crippen LogP contribution in [0.15, 0.2) is 42.5 Å². The van der Waals surface area contributed by atoms with Crippen molar-refractivity contribution in [1.29, 1.82) is 0 Å². The number of hydrogen-bond acceptors (Lipinski definition) is 2. The van der Waals surface area contributed by atoms with Gasteiger partial charge < -0.3 is 10.1 Å². The Morgan fingerprint density at radius 2 is 1.81 bits per heavy atom. The second-order valence-corrected chi connectivity index (χ2v) is 4.88. The first-order chi connectivity index (χ1) is 10.1. The van der Waals surface area contributed by atoms with Crippen molar-refractivity contribution < 1.29 is 9.53 Å². The average Bonchev–Trinajstić information content (AvgIpc) is 2.46. The second kappa shape index (κ2) is 6.75. The predicted octanol–water partition coefficient (Wildman–Crippen LogP) is 4.13. The van der Waals surface area contributed by atoms with Crippen LogP contribution in [0.1, 0.15) is 23.6 Å². The van der Waals surface area contributed by atoms with Gasteiger partial charge in [-0.25, -0.2) is 0 Å². The molecule has 0 fully saturated rings. The molecule has 0 atom stereocenters. The number of ether oxygens (including phenoxy) is 1. The van der Waals surface area contributed by atoms with Gasteiger partial charge in [0, 0.05) is 12.6 Å². The molecule has 1 amide bonds. The molecule has 2 aromatic carbocycles. The van der Waals surface area contributed by atoms with Crippen molar-refractivity contribution in [1.82, 2.24) is 0 Å². The Kier molecular flexibility index (Phi) is 4.77. The molecule has 1 N–H and O–H groups in total. The van der Waals surface area contributed by atoms with E-state index in [9.17, 15) is 4.79 Å². The maximum Gasteiger partial charge on any atom is 0.221 e. The summed E-state index contributed by atoms with van der Waals surface area (Å²) < 4.78 is 5.14. The zero-order chi connectivity index (χ0) is 15.2. The molecular formula is C18H19NO2. The number of rotatable bonds is 4. The van der Waals surface area contributed by atoms with E-state index >= 15 is 0 Å². The maximum absolute atomic E-state index is 11.3. The Balaban J connectivity index is 2.24. The standard InChI is InChI=1S/C18H19NO2/c1-13-4-8-16(18(12-13)19-14(2)20)9-5-15-6-10-17(21-3)11-7-15/h4-12H,1-3H3,(H,19,20)/b9-5+. The summed E-state index contributed by atoms with van der Waals surface area (Å²) in [5.74, 6) is 0.765. The van der Waals surface area contributed by atoms with Crippen LogP contribution in [0, 0.1) is 6.92 Å². The minimum atomic E-state index is -0.0697. The van der Waals surface area contributed by atoms with Gasteiger partial charge in [-0.1, -0.05) is 36.4 Å². The van der Waals surface area contributed by atoms with E-state index in [0.29, 0.717) is 0 Å². The molecule has 0 aromatic heterocycles. The van der Waals surface area contributed by atoms with Crippen molar-refractivity contribution in [2.75, 3.05) is 12.4 Å². The quantitative estimate of drug-likeness (QED) is 0.856. The van der Waals surface area contributed by atoms with Gasteiger partial charge in [0.2, 0.25) is 5.91 Å². The summed E-state index contributed by atoms with van der Waals surface area (Å²) >= 11 is 0. The van der Waals surface area contributed by atoms with Gasteiger partial charge in [0.1, 0.15) is 5.75 Å². The lowest BCUT2D eigenvalue weighted by Gasteiger charge is -2.08. The normalized spacial score (nSPS) is 10.6. The fraction of sp³-hybridized carbons (Fsp3) is 0.167. The molecule has 0 radical (unpaired) electrons. The SMILES string of the molecule is COc1ccc(/C=C/c2ccc(C)cc2NC(C)=O)cc1. The molecule has 0 saturated carbocycles. The number of carbonyl (C=O) groups excluding carboxylic acids is 1. The number of nitrogens with one attached hydrogen (secondary N) is 1. The summed E-state index contributed by atoms with van der Waals surface area (Å²) in [6.07, 6.45) is 4.00. The number of methoxy groups -OCH3 is 1. The summed E-state index contributed by atoms with van der Waals surface area (Å²) in [6, 6.07) is 13.8. The van der Waals surface area contributed by atoms with Crippen LogP contribution >= 0.6 is 0 Å². The molecular weight excluding hydrogens is 262 g/mol. The van der Waals surface area contributed by atoms with Crippen LogP contribution in [0.4, 0.5) is 5.69 Å². The van der Waals surface area contributed by atoms with Crippen molar-refractivity contribution in [3.05, 3.63) is 59.2 Å². The first kappa shape index (κ1) is 14.9. The summed E-state index contributed by atoms with van der Waals surface area (Å²) in [5.41, 5.74) is 3.99. The van der Waals surface area contributed by atoms with Crippen molar-refractivity contribution >= 4 is 23.7 Å². The Morgan fingerprint density at radius 1 is 1.10 bits per heavy atom. The Labute approximate surface area is 125 Å². The highest BCUT2D eigenvalue weighted by Crippen LogP contribution is 2.21. The van der Waals surface area contributed by atoms with Gasteiger partial charge in [-0.2, -0.15) is 0 Å². The van der Waals surface area contributed by atoms with E-state index < -0.39 is 0 Å². The molecule has 0 aliphatic carbocycles. The zero-order valence-corrected chi connectivity index (χ0v) is 12.5. The maximum atomic E-state index is 11.3. The van der Waals surface area contributed by atoms with Crippen LogP contribution in [0.5, 0.6) is 5.75 Å². The van der Waals surface area contributed by atoms with E-state index in [1.807, 2.05) is 61.5 Å². The first-order valence-corrected chi connectivity index (χ1v) is 6.79. The lowest BCUT2D eigenvalue weighted by atomic mass is 10.1. The second-order valence-electron chi connectivity index (χ2n) is 4.88. The molecule has 0 saturated heterocycles. The fourth-order valence-corrected chi connectivity index (χ4v) is 2.01.